The summed E-state index contributed by atoms with van der Waals surface area (Å²) in [5, 5.41) is 2.78. The monoisotopic (exact) mass is 281 g/mol. The van der Waals surface area contributed by atoms with Crippen molar-refractivity contribution in [3.8, 4) is 0 Å². The van der Waals surface area contributed by atoms with Gasteiger partial charge in [-0.05, 0) is 27.2 Å². The Morgan fingerprint density at radius 1 is 1.30 bits per heavy atom. The van der Waals surface area contributed by atoms with E-state index in [0.29, 0.717) is 6.54 Å². The van der Waals surface area contributed by atoms with Crippen LogP contribution >= 0.6 is 0 Å². The van der Waals surface area contributed by atoms with Crippen molar-refractivity contribution in [1.82, 2.24) is 14.9 Å². The molecule has 1 heterocycles. The van der Waals surface area contributed by atoms with Crippen LogP contribution in [-0.4, -0.2) is 33.6 Å². The SMILES string of the molecule is CC(C)(C)OC(=O)CCC(=O)NCCCn1ccnc1. The summed E-state index contributed by atoms with van der Waals surface area (Å²) in [6.07, 6.45) is 6.45. The maximum atomic E-state index is 11.5. The maximum absolute atomic E-state index is 11.5. The molecule has 0 bridgehead atoms. The van der Waals surface area contributed by atoms with Gasteiger partial charge >= 0.3 is 5.97 Å². The molecule has 0 fully saturated rings. The lowest BCUT2D eigenvalue weighted by Gasteiger charge is -2.19. The lowest BCUT2D eigenvalue weighted by atomic mass is 10.2. The summed E-state index contributed by atoms with van der Waals surface area (Å²) in [4.78, 5) is 26.9. The molecule has 20 heavy (non-hydrogen) atoms. The van der Waals surface area contributed by atoms with Crippen LogP contribution in [0.1, 0.15) is 40.0 Å². The number of hydrogen-bond donors (Lipinski definition) is 1. The molecule has 1 N–H and O–H groups in total. The van der Waals surface area contributed by atoms with Gasteiger partial charge in [-0.25, -0.2) is 4.98 Å². The van der Waals surface area contributed by atoms with E-state index in [1.807, 2.05) is 10.8 Å². The number of aromatic nitrogens is 2. The molecular formula is C14H23N3O3. The van der Waals surface area contributed by atoms with E-state index in [2.05, 4.69) is 10.3 Å². The molecule has 0 radical (unpaired) electrons. The highest BCUT2D eigenvalue weighted by molar-refractivity contribution is 5.81. The molecule has 0 aliphatic heterocycles. The summed E-state index contributed by atoms with van der Waals surface area (Å²) in [5.74, 6) is -0.465. The Bertz CT molecular complexity index is 421. The molecule has 0 aliphatic carbocycles. The molecule has 0 aliphatic rings. The van der Waals surface area contributed by atoms with Crippen LogP contribution in [0.4, 0.5) is 0 Å². The van der Waals surface area contributed by atoms with Crippen LogP contribution in [0.5, 0.6) is 0 Å². The Morgan fingerprint density at radius 3 is 2.65 bits per heavy atom. The zero-order valence-electron chi connectivity index (χ0n) is 12.4. The molecule has 0 aromatic carbocycles. The summed E-state index contributed by atoms with van der Waals surface area (Å²) in [6, 6.07) is 0. The first-order valence-corrected chi connectivity index (χ1v) is 6.81. The number of rotatable bonds is 7. The first-order valence-electron chi connectivity index (χ1n) is 6.81. The second-order valence-corrected chi connectivity index (χ2v) is 5.59. The van der Waals surface area contributed by atoms with Gasteiger partial charge in [0.25, 0.3) is 0 Å². The fourth-order valence-electron chi connectivity index (χ4n) is 1.60. The fourth-order valence-corrected chi connectivity index (χ4v) is 1.60. The summed E-state index contributed by atoms with van der Waals surface area (Å²) < 4.78 is 7.08. The van der Waals surface area contributed by atoms with Gasteiger partial charge in [0.1, 0.15) is 5.60 Å². The minimum Gasteiger partial charge on any atom is -0.460 e. The van der Waals surface area contributed by atoms with Gasteiger partial charge < -0.3 is 14.6 Å². The number of esters is 1. The van der Waals surface area contributed by atoms with E-state index in [-0.39, 0.29) is 24.7 Å². The number of amides is 1. The first-order chi connectivity index (χ1) is 9.37. The second kappa shape index (κ2) is 7.67. The smallest absolute Gasteiger partial charge is 0.306 e. The lowest BCUT2D eigenvalue weighted by Crippen LogP contribution is -2.28. The highest BCUT2D eigenvalue weighted by Crippen LogP contribution is 2.08. The predicted octanol–water partition coefficient (Wildman–Crippen LogP) is 1.51. The zero-order chi connectivity index (χ0) is 15.0. The van der Waals surface area contributed by atoms with Crippen molar-refractivity contribution in [2.24, 2.45) is 0 Å². The largest absolute Gasteiger partial charge is 0.460 e. The number of carbonyl (C=O) groups excluding carboxylic acids is 2. The predicted molar refractivity (Wildman–Crippen MR) is 74.9 cm³/mol. The molecule has 0 spiro atoms. The topological polar surface area (TPSA) is 73.2 Å². The number of imidazole rings is 1. The molecule has 1 aromatic heterocycles. The Hall–Kier alpha value is -1.85. The Morgan fingerprint density at radius 2 is 2.05 bits per heavy atom. The molecule has 1 rings (SSSR count). The highest BCUT2D eigenvalue weighted by Gasteiger charge is 2.16. The van der Waals surface area contributed by atoms with Crippen molar-refractivity contribution < 1.29 is 14.3 Å². The Balaban J connectivity index is 2.07. The minimum absolute atomic E-state index is 0.116. The van der Waals surface area contributed by atoms with Crippen molar-refractivity contribution in [2.45, 2.75) is 52.2 Å². The normalized spacial score (nSPS) is 11.2. The van der Waals surface area contributed by atoms with E-state index in [1.54, 1.807) is 33.3 Å². The van der Waals surface area contributed by atoms with Crippen LogP contribution in [0, 0.1) is 0 Å². The van der Waals surface area contributed by atoms with Gasteiger partial charge in [-0.3, -0.25) is 9.59 Å². The molecule has 1 aromatic rings. The van der Waals surface area contributed by atoms with Crippen LogP contribution in [0.3, 0.4) is 0 Å². The third kappa shape index (κ3) is 7.56. The summed E-state index contributed by atoms with van der Waals surface area (Å²) in [5.41, 5.74) is -0.502. The van der Waals surface area contributed by atoms with E-state index >= 15 is 0 Å². The van der Waals surface area contributed by atoms with Gasteiger partial charge in [0.15, 0.2) is 0 Å². The van der Waals surface area contributed by atoms with Gasteiger partial charge in [-0.2, -0.15) is 0 Å². The number of nitrogens with one attached hydrogen (secondary N) is 1. The number of carbonyl (C=O) groups is 2. The molecule has 1 amide bonds. The van der Waals surface area contributed by atoms with Gasteiger partial charge in [-0.1, -0.05) is 0 Å². The van der Waals surface area contributed by atoms with Gasteiger partial charge in [0.2, 0.25) is 5.91 Å². The summed E-state index contributed by atoms with van der Waals surface area (Å²) in [7, 11) is 0. The van der Waals surface area contributed by atoms with Crippen LogP contribution in [0.25, 0.3) is 0 Å². The van der Waals surface area contributed by atoms with E-state index in [1.165, 1.54) is 0 Å². The zero-order valence-corrected chi connectivity index (χ0v) is 12.4. The minimum atomic E-state index is -0.502. The van der Waals surface area contributed by atoms with E-state index in [0.717, 1.165) is 13.0 Å². The number of ether oxygens (including phenoxy) is 1. The Labute approximate surface area is 119 Å². The van der Waals surface area contributed by atoms with Crippen LogP contribution in [0.15, 0.2) is 18.7 Å². The third-order valence-corrected chi connectivity index (χ3v) is 2.45. The third-order valence-electron chi connectivity index (χ3n) is 2.45. The summed E-state index contributed by atoms with van der Waals surface area (Å²) >= 11 is 0. The molecule has 0 unspecified atom stereocenters. The molecular weight excluding hydrogens is 258 g/mol. The van der Waals surface area contributed by atoms with E-state index < -0.39 is 5.60 Å². The average molecular weight is 281 g/mol. The molecule has 112 valence electrons. The van der Waals surface area contributed by atoms with Crippen molar-refractivity contribution in [3.05, 3.63) is 18.7 Å². The van der Waals surface area contributed by atoms with Crippen molar-refractivity contribution in [2.75, 3.05) is 6.54 Å². The molecule has 0 saturated carbocycles. The molecule has 0 saturated heterocycles. The quantitative estimate of drug-likeness (QED) is 0.607. The fraction of sp³-hybridized carbons (Fsp3) is 0.643. The van der Waals surface area contributed by atoms with Gasteiger partial charge in [-0.15, -0.1) is 0 Å². The number of nitrogens with zero attached hydrogens (tertiary/aromatic N) is 2. The standard InChI is InChI=1S/C14H23N3O3/c1-14(2,3)20-13(19)6-5-12(18)16-7-4-9-17-10-8-15-11-17/h8,10-11H,4-7,9H2,1-3H3,(H,16,18). The molecule has 6 nitrogen and oxygen atoms in total. The van der Waals surface area contributed by atoms with E-state index in [4.69, 9.17) is 4.74 Å². The second-order valence-electron chi connectivity index (χ2n) is 5.59. The van der Waals surface area contributed by atoms with Crippen LogP contribution in [-0.2, 0) is 20.9 Å². The maximum Gasteiger partial charge on any atom is 0.306 e. The number of aryl methyl sites for hydroxylation is 1. The van der Waals surface area contributed by atoms with E-state index in [9.17, 15) is 9.59 Å². The van der Waals surface area contributed by atoms with Crippen LogP contribution in [0.2, 0.25) is 0 Å². The van der Waals surface area contributed by atoms with Gasteiger partial charge in [0.05, 0.1) is 12.7 Å². The van der Waals surface area contributed by atoms with Crippen molar-refractivity contribution >= 4 is 11.9 Å². The first kappa shape index (κ1) is 16.2. The van der Waals surface area contributed by atoms with Gasteiger partial charge in [0, 0.05) is 31.9 Å². The molecule has 6 heteroatoms. The average Bonchev–Trinajstić information content (AvgIpc) is 2.83. The van der Waals surface area contributed by atoms with Crippen molar-refractivity contribution in [3.63, 3.8) is 0 Å². The molecule has 0 atom stereocenters. The van der Waals surface area contributed by atoms with Crippen LogP contribution < -0.4 is 5.32 Å². The highest BCUT2D eigenvalue weighted by atomic mass is 16.6. The van der Waals surface area contributed by atoms with Crippen molar-refractivity contribution in [1.29, 1.82) is 0 Å². The Kier molecular flexibility index (Phi) is 6.21. The summed E-state index contributed by atoms with van der Waals surface area (Å²) in [6.45, 7) is 6.82. The lowest BCUT2D eigenvalue weighted by molar-refractivity contribution is -0.155. The number of hydrogen-bond acceptors (Lipinski definition) is 4.